The lowest BCUT2D eigenvalue weighted by Gasteiger charge is -2.12. The van der Waals surface area contributed by atoms with E-state index in [1.165, 1.54) is 7.11 Å². The Hall–Kier alpha value is -2.62. The molecule has 0 aliphatic rings. The van der Waals surface area contributed by atoms with Crippen LogP contribution in [-0.2, 0) is 11.2 Å². The molecule has 2 N–H and O–H groups in total. The van der Waals surface area contributed by atoms with Crippen molar-refractivity contribution in [1.82, 2.24) is 0 Å². The smallest absolute Gasteiger partial charge is 0.221 e. The molecule has 4 heteroatoms. The molecule has 2 rings (SSSR count). The molecule has 0 radical (unpaired) electrons. The van der Waals surface area contributed by atoms with Gasteiger partial charge in [0.05, 0.1) is 19.1 Å². The lowest BCUT2D eigenvalue weighted by Crippen LogP contribution is -2.15. The van der Waals surface area contributed by atoms with E-state index in [4.69, 9.17) is 10.5 Å². The number of rotatable bonds is 5. The van der Waals surface area contributed by atoms with Crippen molar-refractivity contribution in [2.75, 3.05) is 7.11 Å². The highest BCUT2D eigenvalue weighted by atomic mass is 16.5. The van der Waals surface area contributed by atoms with Crippen LogP contribution in [0.5, 0.6) is 5.75 Å². The summed E-state index contributed by atoms with van der Waals surface area (Å²) in [7, 11) is 1.47. The van der Waals surface area contributed by atoms with Crippen LogP contribution in [0.15, 0.2) is 48.5 Å². The molecule has 4 nitrogen and oxygen atoms in total. The van der Waals surface area contributed by atoms with Gasteiger partial charge in [-0.25, -0.2) is 0 Å². The van der Waals surface area contributed by atoms with Gasteiger partial charge in [0, 0.05) is 11.1 Å². The quantitative estimate of drug-likeness (QED) is 0.843. The first-order valence-corrected chi connectivity index (χ1v) is 6.17. The van der Waals surface area contributed by atoms with Gasteiger partial charge >= 0.3 is 0 Å². The zero-order valence-corrected chi connectivity index (χ0v) is 11.1. The van der Waals surface area contributed by atoms with Crippen LogP contribution in [0.1, 0.15) is 21.5 Å². The highest BCUT2D eigenvalue weighted by Gasteiger charge is 2.17. The number of methoxy groups -OCH3 is 1. The van der Waals surface area contributed by atoms with Gasteiger partial charge in [-0.05, 0) is 6.07 Å². The molecule has 0 aliphatic heterocycles. The number of para-hydroxylation sites is 1. The maximum absolute atomic E-state index is 12.5. The Morgan fingerprint density at radius 3 is 2.35 bits per heavy atom. The number of primary amides is 1. The van der Waals surface area contributed by atoms with Gasteiger partial charge < -0.3 is 10.5 Å². The zero-order valence-electron chi connectivity index (χ0n) is 11.1. The lowest BCUT2D eigenvalue weighted by molar-refractivity contribution is -0.117. The Morgan fingerprint density at radius 2 is 1.75 bits per heavy atom. The highest BCUT2D eigenvalue weighted by molar-refractivity contribution is 6.11. The van der Waals surface area contributed by atoms with Crippen LogP contribution >= 0.6 is 0 Å². The number of nitrogens with two attached hydrogens (primary N) is 1. The molecule has 0 saturated heterocycles. The first kappa shape index (κ1) is 13.8. The number of carbonyl (C=O) groups excluding carboxylic acids is 2. The molecule has 0 spiro atoms. The molecular formula is C16H15NO3. The lowest BCUT2D eigenvalue weighted by atomic mass is 9.98. The van der Waals surface area contributed by atoms with Crippen LogP contribution in [0.2, 0.25) is 0 Å². The van der Waals surface area contributed by atoms with Crippen molar-refractivity contribution in [2.45, 2.75) is 6.42 Å². The second-order valence-corrected chi connectivity index (χ2v) is 4.34. The van der Waals surface area contributed by atoms with Crippen LogP contribution in [0.25, 0.3) is 0 Å². The zero-order chi connectivity index (χ0) is 14.5. The first-order valence-electron chi connectivity index (χ1n) is 6.17. The minimum atomic E-state index is -0.465. The van der Waals surface area contributed by atoms with Gasteiger partial charge in [0.25, 0.3) is 0 Å². The summed E-state index contributed by atoms with van der Waals surface area (Å²) in [6.45, 7) is 0. The normalized spacial score (nSPS) is 10.1. The van der Waals surface area contributed by atoms with Gasteiger partial charge in [0.15, 0.2) is 5.78 Å². The van der Waals surface area contributed by atoms with Gasteiger partial charge in [-0.15, -0.1) is 0 Å². The van der Waals surface area contributed by atoms with E-state index in [0.717, 1.165) is 0 Å². The fourth-order valence-electron chi connectivity index (χ4n) is 2.08. The third kappa shape index (κ3) is 2.85. The average Bonchev–Trinajstić information content (AvgIpc) is 2.46. The van der Waals surface area contributed by atoms with Crippen molar-refractivity contribution in [3.63, 3.8) is 0 Å². The standard InChI is InChI=1S/C16H15NO3/c1-20-16-12(10-14(17)18)8-5-9-13(16)15(19)11-6-3-2-4-7-11/h2-9H,10H2,1H3,(H2,17,18). The summed E-state index contributed by atoms with van der Waals surface area (Å²) >= 11 is 0. The predicted molar refractivity (Wildman–Crippen MR) is 75.8 cm³/mol. The van der Waals surface area contributed by atoms with Crippen molar-refractivity contribution in [2.24, 2.45) is 5.73 Å². The second-order valence-electron chi connectivity index (χ2n) is 4.34. The first-order chi connectivity index (χ1) is 9.63. The summed E-state index contributed by atoms with van der Waals surface area (Å²) in [5.41, 5.74) is 6.82. The number of carbonyl (C=O) groups is 2. The van der Waals surface area contributed by atoms with E-state index in [2.05, 4.69) is 0 Å². The summed E-state index contributed by atoms with van der Waals surface area (Å²) < 4.78 is 5.29. The van der Waals surface area contributed by atoms with E-state index in [9.17, 15) is 9.59 Å². The predicted octanol–water partition coefficient (Wildman–Crippen LogP) is 1.95. The van der Waals surface area contributed by atoms with Crippen LogP contribution in [0.3, 0.4) is 0 Å². The Balaban J connectivity index is 2.46. The molecule has 102 valence electrons. The van der Waals surface area contributed by atoms with E-state index in [-0.39, 0.29) is 12.2 Å². The number of ketones is 1. The number of hydrogen-bond acceptors (Lipinski definition) is 3. The Labute approximate surface area is 117 Å². The highest BCUT2D eigenvalue weighted by Crippen LogP contribution is 2.26. The van der Waals surface area contributed by atoms with Crippen molar-refractivity contribution in [1.29, 1.82) is 0 Å². The third-order valence-corrected chi connectivity index (χ3v) is 2.95. The molecule has 0 unspecified atom stereocenters. The van der Waals surface area contributed by atoms with Crippen molar-refractivity contribution in [3.8, 4) is 5.75 Å². The molecular weight excluding hydrogens is 254 g/mol. The fourth-order valence-corrected chi connectivity index (χ4v) is 2.08. The molecule has 0 bridgehead atoms. The number of amides is 1. The van der Waals surface area contributed by atoms with E-state index < -0.39 is 5.91 Å². The number of ether oxygens (including phenoxy) is 1. The Kier molecular flexibility index (Phi) is 4.15. The van der Waals surface area contributed by atoms with Crippen molar-refractivity contribution < 1.29 is 14.3 Å². The van der Waals surface area contributed by atoms with Gasteiger partial charge in [-0.2, -0.15) is 0 Å². The summed E-state index contributed by atoms with van der Waals surface area (Å²) in [5.74, 6) is -0.207. The van der Waals surface area contributed by atoms with Gasteiger partial charge in [-0.3, -0.25) is 9.59 Å². The molecule has 0 atom stereocenters. The van der Waals surface area contributed by atoms with E-state index in [0.29, 0.717) is 22.4 Å². The number of hydrogen-bond donors (Lipinski definition) is 1. The largest absolute Gasteiger partial charge is 0.496 e. The minimum Gasteiger partial charge on any atom is -0.496 e. The molecule has 0 heterocycles. The van der Waals surface area contributed by atoms with Gasteiger partial charge in [0.1, 0.15) is 5.75 Å². The monoisotopic (exact) mass is 269 g/mol. The third-order valence-electron chi connectivity index (χ3n) is 2.95. The summed E-state index contributed by atoms with van der Waals surface area (Å²) in [6, 6.07) is 14.0. The van der Waals surface area contributed by atoms with Crippen LogP contribution in [-0.4, -0.2) is 18.8 Å². The molecule has 1 amide bonds. The Bertz CT molecular complexity index is 635. The minimum absolute atomic E-state index is 0.0408. The van der Waals surface area contributed by atoms with Crippen LogP contribution in [0.4, 0.5) is 0 Å². The number of benzene rings is 2. The maximum Gasteiger partial charge on any atom is 0.221 e. The van der Waals surface area contributed by atoms with E-state index >= 15 is 0 Å². The van der Waals surface area contributed by atoms with Gasteiger partial charge in [-0.1, -0.05) is 42.5 Å². The summed E-state index contributed by atoms with van der Waals surface area (Å²) in [5, 5.41) is 0. The van der Waals surface area contributed by atoms with Gasteiger partial charge in [0.2, 0.25) is 5.91 Å². The van der Waals surface area contributed by atoms with Crippen LogP contribution < -0.4 is 10.5 Å². The molecule has 2 aromatic rings. The van der Waals surface area contributed by atoms with Crippen LogP contribution in [0, 0.1) is 0 Å². The molecule has 0 saturated carbocycles. The van der Waals surface area contributed by atoms with Crippen molar-refractivity contribution >= 4 is 11.7 Å². The van der Waals surface area contributed by atoms with E-state index in [1.807, 2.05) is 6.07 Å². The molecule has 0 aliphatic carbocycles. The Morgan fingerprint density at radius 1 is 1.05 bits per heavy atom. The topological polar surface area (TPSA) is 69.4 Å². The summed E-state index contributed by atoms with van der Waals surface area (Å²) in [6.07, 6.45) is 0.0408. The maximum atomic E-state index is 12.5. The molecule has 2 aromatic carbocycles. The average molecular weight is 269 g/mol. The van der Waals surface area contributed by atoms with Crippen molar-refractivity contribution in [3.05, 3.63) is 65.2 Å². The van der Waals surface area contributed by atoms with E-state index in [1.54, 1.807) is 42.5 Å². The fraction of sp³-hybridized carbons (Fsp3) is 0.125. The molecule has 0 aromatic heterocycles. The molecule has 0 fully saturated rings. The summed E-state index contributed by atoms with van der Waals surface area (Å²) in [4.78, 5) is 23.5. The SMILES string of the molecule is COc1c(CC(N)=O)cccc1C(=O)c1ccccc1. The second kappa shape index (κ2) is 6.02. The molecule has 20 heavy (non-hydrogen) atoms.